The summed E-state index contributed by atoms with van der Waals surface area (Å²) in [5, 5.41) is 28.0. The van der Waals surface area contributed by atoms with Crippen molar-refractivity contribution in [2.45, 2.75) is 93.7 Å². The van der Waals surface area contributed by atoms with E-state index in [4.69, 9.17) is 18.9 Å². The number of amides is 4. The third kappa shape index (κ3) is 10.0. The van der Waals surface area contributed by atoms with Gasteiger partial charge in [0, 0.05) is 35.6 Å². The van der Waals surface area contributed by atoms with Gasteiger partial charge in [0.1, 0.15) is 41.6 Å². The first-order valence-electron chi connectivity index (χ1n) is 26.7. The van der Waals surface area contributed by atoms with Crippen LogP contribution in [0.25, 0.3) is 0 Å². The summed E-state index contributed by atoms with van der Waals surface area (Å²) in [6.07, 6.45) is 3.49. The molecule has 77 heavy (non-hydrogen) atoms. The second-order valence-corrected chi connectivity index (χ2v) is 20.8. The number of anilines is 3. The van der Waals surface area contributed by atoms with Gasteiger partial charge in [0.25, 0.3) is 0 Å². The van der Waals surface area contributed by atoms with Crippen LogP contribution >= 0.6 is 0 Å². The molecule has 5 aromatic rings. The fourth-order valence-corrected chi connectivity index (χ4v) is 12.2. The Morgan fingerprint density at radius 2 is 1.48 bits per heavy atom. The number of imide groups is 1. The first kappa shape index (κ1) is 52.9. The number of nitrogens with zero attached hydrogens (tertiary/aromatic N) is 3. The maximum atomic E-state index is 17.0. The van der Waals surface area contributed by atoms with Crippen LogP contribution in [0.15, 0.2) is 127 Å². The number of carbonyl (C=O) groups is 5. The number of carbonyl (C=O) groups excluding carboxylic acids is 5. The average Bonchev–Trinajstić information content (AvgIpc) is 2.93. The SMILES string of the molecule is COC(=O)C(NC(=O)N1C(=O)C2(c3cc(C#CC4(O)CCCCCC4)ccc31)C(C(=O)Nc1ccc(N3CCOCC3)cc1)C1C(=O)OC(c3ccccc3)C(c3ccccc3)N1C2c1ccccc1OCCO)C(C)C. The molecule has 7 unspecified atom stereocenters. The zero-order valence-electron chi connectivity index (χ0n) is 43.6. The number of para-hydroxylation sites is 1. The first-order chi connectivity index (χ1) is 37.4. The molecule has 5 aliphatic rings. The second-order valence-electron chi connectivity index (χ2n) is 20.8. The van der Waals surface area contributed by atoms with Crippen LogP contribution in [0.3, 0.4) is 0 Å². The van der Waals surface area contributed by atoms with Crippen LogP contribution in [0.1, 0.15) is 98.4 Å². The zero-order chi connectivity index (χ0) is 53.8. The number of morpholine rings is 2. The van der Waals surface area contributed by atoms with Crippen LogP contribution < -0.4 is 25.2 Å². The van der Waals surface area contributed by atoms with Gasteiger partial charge in [0.05, 0.1) is 50.6 Å². The molecule has 3 saturated heterocycles. The van der Waals surface area contributed by atoms with E-state index in [1.165, 1.54) is 7.11 Å². The standard InChI is InChI=1S/C61H65N5O11/c1-39(2)50(56(69)74-3)63-59(72)65-47-27-22-40(28-31-60(73)29-14-4-5-15-30-60)38-46(47)61(58(65)71)49(55(68)62-43-23-25-44(26-24-43)64-32-35-75-36-33-64)52-57(70)77-53(42-18-10-7-11-19-42)51(41-16-8-6-9-17-41)66(52)54(61)45-20-12-13-21-48(45)76-37-34-67/h6-13,16-27,38-39,49-54,67,73H,4-5,14-15,29-30,32-37H2,1-3H3,(H,62,68)(H,63,72). The number of ether oxygens (including phenoxy) is 4. The summed E-state index contributed by atoms with van der Waals surface area (Å²) in [7, 11) is 1.21. The highest BCUT2D eigenvalue weighted by Gasteiger charge is 2.76. The molecule has 4 aliphatic heterocycles. The molecule has 1 aliphatic carbocycles. The summed E-state index contributed by atoms with van der Waals surface area (Å²) in [5.74, 6) is 1.36. The Kier molecular flexibility index (Phi) is 15.5. The Labute approximate surface area is 448 Å². The minimum absolute atomic E-state index is 0.0779. The van der Waals surface area contributed by atoms with Crippen LogP contribution in [0.2, 0.25) is 0 Å². The Morgan fingerprint density at radius 3 is 2.14 bits per heavy atom. The van der Waals surface area contributed by atoms with Crippen molar-refractivity contribution in [3.05, 3.63) is 155 Å². The van der Waals surface area contributed by atoms with Crippen LogP contribution in [-0.4, -0.2) is 109 Å². The van der Waals surface area contributed by atoms with Gasteiger partial charge in [-0.25, -0.2) is 14.5 Å². The van der Waals surface area contributed by atoms with E-state index in [2.05, 4.69) is 27.4 Å². The van der Waals surface area contributed by atoms with Crippen molar-refractivity contribution < 1.29 is 53.1 Å². The molecule has 400 valence electrons. The summed E-state index contributed by atoms with van der Waals surface area (Å²) < 4.78 is 23.8. The molecule has 0 radical (unpaired) electrons. The van der Waals surface area contributed by atoms with Crippen molar-refractivity contribution in [2.24, 2.45) is 11.8 Å². The van der Waals surface area contributed by atoms with Crippen LogP contribution in [0, 0.1) is 23.7 Å². The van der Waals surface area contributed by atoms with E-state index in [-0.39, 0.29) is 30.2 Å². The van der Waals surface area contributed by atoms with Crippen molar-refractivity contribution in [3.8, 4) is 17.6 Å². The molecule has 0 bridgehead atoms. The van der Waals surface area contributed by atoms with Gasteiger partial charge in [-0.15, -0.1) is 0 Å². The Morgan fingerprint density at radius 1 is 0.818 bits per heavy atom. The summed E-state index contributed by atoms with van der Waals surface area (Å²) in [5.41, 5.74) is 0.147. The van der Waals surface area contributed by atoms with Gasteiger partial charge in [-0.05, 0) is 96.8 Å². The lowest BCUT2D eigenvalue weighted by Crippen LogP contribution is -2.57. The summed E-state index contributed by atoms with van der Waals surface area (Å²) in [6.45, 7) is 5.47. The normalized spacial score (nSPS) is 24.2. The number of rotatable bonds is 12. The fourth-order valence-electron chi connectivity index (χ4n) is 12.2. The van der Waals surface area contributed by atoms with Crippen LogP contribution in [-0.2, 0) is 38.8 Å². The number of hydrogen-bond acceptors (Lipinski definition) is 13. The lowest BCUT2D eigenvalue weighted by atomic mass is 9.65. The van der Waals surface area contributed by atoms with E-state index in [0.29, 0.717) is 67.1 Å². The smallest absolute Gasteiger partial charge is 0.329 e. The Balaban J connectivity index is 1.26. The number of hydrogen-bond donors (Lipinski definition) is 4. The predicted molar refractivity (Wildman–Crippen MR) is 288 cm³/mol. The highest BCUT2D eigenvalue weighted by molar-refractivity contribution is 6.25. The van der Waals surface area contributed by atoms with E-state index in [1.54, 1.807) is 68.4 Å². The molecule has 4 heterocycles. The fraction of sp³-hybridized carbons (Fsp3) is 0.393. The van der Waals surface area contributed by atoms with Gasteiger partial charge >= 0.3 is 18.0 Å². The van der Waals surface area contributed by atoms with Crippen molar-refractivity contribution in [1.82, 2.24) is 10.2 Å². The Hall–Kier alpha value is -7.55. The van der Waals surface area contributed by atoms with Crippen molar-refractivity contribution >= 4 is 46.8 Å². The van der Waals surface area contributed by atoms with Gasteiger partial charge in [-0.3, -0.25) is 19.3 Å². The lowest BCUT2D eigenvalue weighted by molar-refractivity contribution is -0.178. The minimum Gasteiger partial charge on any atom is -0.491 e. The molecule has 4 amide bonds. The third-order valence-electron chi connectivity index (χ3n) is 15.8. The van der Waals surface area contributed by atoms with E-state index in [9.17, 15) is 15.0 Å². The quantitative estimate of drug-likeness (QED) is 0.0544. The zero-order valence-corrected chi connectivity index (χ0v) is 43.6. The topological polar surface area (TPSA) is 197 Å². The number of aliphatic hydroxyl groups is 2. The van der Waals surface area contributed by atoms with E-state index >= 15 is 19.2 Å². The molecule has 4 N–H and O–H groups in total. The van der Waals surface area contributed by atoms with Gasteiger partial charge in [-0.2, -0.15) is 0 Å². The number of methoxy groups -OCH3 is 1. The molecule has 16 heteroatoms. The highest BCUT2D eigenvalue weighted by atomic mass is 16.6. The number of urea groups is 1. The van der Waals surface area contributed by atoms with E-state index < -0.39 is 82.9 Å². The van der Waals surface area contributed by atoms with Gasteiger partial charge in [0.15, 0.2) is 0 Å². The third-order valence-corrected chi connectivity index (χ3v) is 15.8. The highest BCUT2D eigenvalue weighted by Crippen LogP contribution is 2.67. The maximum absolute atomic E-state index is 17.0. The molecular formula is C61H65N5O11. The minimum atomic E-state index is -2.22. The molecule has 5 aromatic carbocycles. The Bertz CT molecular complexity index is 3040. The lowest BCUT2D eigenvalue weighted by Gasteiger charge is -2.46. The van der Waals surface area contributed by atoms with Gasteiger partial charge < -0.3 is 44.7 Å². The number of esters is 2. The van der Waals surface area contributed by atoms with Crippen LogP contribution in [0.4, 0.5) is 21.9 Å². The molecular weight excluding hydrogens is 979 g/mol. The summed E-state index contributed by atoms with van der Waals surface area (Å²) >= 11 is 0. The van der Waals surface area contributed by atoms with Crippen molar-refractivity contribution in [2.75, 3.05) is 61.7 Å². The predicted octanol–water partition coefficient (Wildman–Crippen LogP) is 7.54. The average molecular weight is 1040 g/mol. The largest absolute Gasteiger partial charge is 0.491 e. The van der Waals surface area contributed by atoms with Crippen molar-refractivity contribution in [1.29, 1.82) is 0 Å². The number of benzene rings is 5. The number of aliphatic hydroxyl groups excluding tert-OH is 1. The van der Waals surface area contributed by atoms with Gasteiger partial charge in [0.2, 0.25) is 11.8 Å². The van der Waals surface area contributed by atoms with Gasteiger partial charge in [-0.1, -0.05) is 117 Å². The van der Waals surface area contributed by atoms with Crippen molar-refractivity contribution in [3.63, 3.8) is 0 Å². The number of fused-ring (bicyclic) bond motifs is 3. The molecule has 7 atom stereocenters. The monoisotopic (exact) mass is 1040 g/mol. The number of cyclic esters (lactones) is 1. The molecule has 1 saturated carbocycles. The second kappa shape index (κ2) is 22.6. The maximum Gasteiger partial charge on any atom is 0.329 e. The molecule has 16 nitrogen and oxygen atoms in total. The molecule has 10 rings (SSSR count). The summed E-state index contributed by atoms with van der Waals surface area (Å²) in [6, 6.07) is 32.0. The van der Waals surface area contributed by atoms with Crippen LogP contribution in [0.5, 0.6) is 5.75 Å². The molecule has 4 fully saturated rings. The number of nitrogens with one attached hydrogen (secondary N) is 2. The first-order valence-corrected chi connectivity index (χ1v) is 26.7. The van der Waals surface area contributed by atoms with E-state index in [0.717, 1.165) is 36.3 Å². The molecule has 1 spiro atoms. The summed E-state index contributed by atoms with van der Waals surface area (Å²) in [4.78, 5) is 82.7. The molecule has 0 aromatic heterocycles. The van der Waals surface area contributed by atoms with E-state index in [1.807, 2.05) is 77.7 Å².